The molecule has 0 radical (unpaired) electrons. The normalized spacial score (nSPS) is 19.9. The summed E-state index contributed by atoms with van der Waals surface area (Å²) in [4.78, 5) is 13.1. The molecule has 0 atom stereocenters. The van der Waals surface area contributed by atoms with Crippen molar-refractivity contribution in [3.05, 3.63) is 0 Å². The first-order chi connectivity index (χ1) is 7.60. The van der Waals surface area contributed by atoms with Gasteiger partial charge in [0.05, 0.1) is 6.42 Å². The number of aliphatic carboxylic acids is 1. The number of hydrogen-bond acceptors (Lipinski definition) is 3. The molecule has 1 aliphatic carbocycles. The van der Waals surface area contributed by atoms with E-state index in [0.29, 0.717) is 0 Å². The second-order valence-electron chi connectivity index (χ2n) is 4.85. The van der Waals surface area contributed by atoms with Crippen molar-refractivity contribution in [1.82, 2.24) is 4.90 Å². The molecule has 0 unspecified atom stereocenters. The van der Waals surface area contributed by atoms with Crippen molar-refractivity contribution < 1.29 is 15.0 Å². The zero-order valence-corrected chi connectivity index (χ0v) is 10.1. The van der Waals surface area contributed by atoms with Crippen LogP contribution in [0.25, 0.3) is 0 Å². The highest BCUT2D eigenvalue weighted by Gasteiger charge is 2.37. The fourth-order valence-corrected chi connectivity index (χ4v) is 2.73. The number of hydrogen-bond donors (Lipinski definition) is 2. The van der Waals surface area contributed by atoms with E-state index in [0.717, 1.165) is 38.6 Å². The van der Waals surface area contributed by atoms with Crippen molar-refractivity contribution in [2.45, 2.75) is 50.5 Å². The maximum Gasteiger partial charge on any atom is 0.305 e. The summed E-state index contributed by atoms with van der Waals surface area (Å²) in [5.41, 5.74) is -0.167. The van der Waals surface area contributed by atoms with Crippen LogP contribution in [0, 0.1) is 0 Å². The van der Waals surface area contributed by atoms with Gasteiger partial charge in [-0.2, -0.15) is 0 Å². The third-order valence-corrected chi connectivity index (χ3v) is 3.73. The van der Waals surface area contributed by atoms with Gasteiger partial charge in [-0.15, -0.1) is 0 Å². The molecule has 4 heteroatoms. The Bertz CT molecular complexity index is 224. The molecule has 1 saturated carbocycles. The highest BCUT2D eigenvalue weighted by atomic mass is 16.4. The Morgan fingerprint density at radius 1 is 1.31 bits per heavy atom. The van der Waals surface area contributed by atoms with Crippen molar-refractivity contribution in [1.29, 1.82) is 0 Å². The van der Waals surface area contributed by atoms with Crippen LogP contribution in [0.2, 0.25) is 0 Å². The Labute approximate surface area is 97.3 Å². The minimum atomic E-state index is -0.710. The van der Waals surface area contributed by atoms with E-state index < -0.39 is 5.97 Å². The maximum atomic E-state index is 11.0. The first-order valence-electron chi connectivity index (χ1n) is 6.15. The van der Waals surface area contributed by atoms with Crippen LogP contribution in [-0.4, -0.2) is 46.8 Å². The van der Waals surface area contributed by atoms with Gasteiger partial charge in [0.15, 0.2) is 0 Å². The van der Waals surface area contributed by atoms with Crippen LogP contribution in [0.1, 0.15) is 44.9 Å². The van der Waals surface area contributed by atoms with Gasteiger partial charge in [-0.25, -0.2) is 0 Å². The summed E-state index contributed by atoms with van der Waals surface area (Å²) in [6.07, 6.45) is 6.36. The molecule has 0 aromatic rings. The fourth-order valence-electron chi connectivity index (χ4n) is 2.73. The average Bonchev–Trinajstić information content (AvgIpc) is 2.26. The summed E-state index contributed by atoms with van der Waals surface area (Å²) in [5.74, 6) is -0.710. The standard InChI is InChI=1S/C12H23NO3/c1-13(8-5-9-14)12(10-11(15)16)6-3-2-4-7-12/h14H,2-10H2,1H3,(H,15,16). The molecule has 4 nitrogen and oxygen atoms in total. The van der Waals surface area contributed by atoms with Crippen LogP contribution in [-0.2, 0) is 4.79 Å². The number of carboxylic acids is 1. The molecular weight excluding hydrogens is 206 g/mol. The minimum Gasteiger partial charge on any atom is -0.481 e. The molecule has 0 aromatic heterocycles. The lowest BCUT2D eigenvalue weighted by molar-refractivity contribution is -0.141. The molecule has 0 heterocycles. The fraction of sp³-hybridized carbons (Fsp3) is 0.917. The summed E-state index contributed by atoms with van der Waals surface area (Å²) in [5, 5.41) is 17.9. The molecule has 0 amide bonds. The predicted molar refractivity (Wildman–Crippen MR) is 62.4 cm³/mol. The zero-order chi connectivity index (χ0) is 12.0. The van der Waals surface area contributed by atoms with E-state index in [4.69, 9.17) is 10.2 Å². The monoisotopic (exact) mass is 229 g/mol. The summed E-state index contributed by atoms with van der Waals surface area (Å²) in [6.45, 7) is 0.956. The molecule has 0 aliphatic heterocycles. The highest BCUT2D eigenvalue weighted by molar-refractivity contribution is 5.68. The second-order valence-corrected chi connectivity index (χ2v) is 4.85. The van der Waals surface area contributed by atoms with Crippen LogP contribution in [0.4, 0.5) is 0 Å². The van der Waals surface area contributed by atoms with Gasteiger partial charge in [0.2, 0.25) is 0 Å². The van der Waals surface area contributed by atoms with E-state index in [9.17, 15) is 4.79 Å². The number of nitrogens with zero attached hydrogens (tertiary/aromatic N) is 1. The largest absolute Gasteiger partial charge is 0.481 e. The van der Waals surface area contributed by atoms with Crippen LogP contribution >= 0.6 is 0 Å². The van der Waals surface area contributed by atoms with Crippen LogP contribution in [0.15, 0.2) is 0 Å². The third-order valence-electron chi connectivity index (χ3n) is 3.73. The van der Waals surface area contributed by atoms with Gasteiger partial charge < -0.3 is 15.1 Å². The molecule has 0 saturated heterocycles. The quantitative estimate of drug-likeness (QED) is 0.724. The van der Waals surface area contributed by atoms with E-state index in [-0.39, 0.29) is 18.6 Å². The van der Waals surface area contributed by atoms with Crippen LogP contribution in [0.3, 0.4) is 0 Å². The molecule has 16 heavy (non-hydrogen) atoms. The Morgan fingerprint density at radius 2 is 1.94 bits per heavy atom. The van der Waals surface area contributed by atoms with Gasteiger partial charge in [-0.1, -0.05) is 19.3 Å². The lowest BCUT2D eigenvalue weighted by Gasteiger charge is -2.44. The molecule has 1 fully saturated rings. The molecule has 0 bridgehead atoms. The summed E-state index contributed by atoms with van der Waals surface area (Å²) in [7, 11) is 1.99. The summed E-state index contributed by atoms with van der Waals surface area (Å²) >= 11 is 0. The van der Waals surface area contributed by atoms with Gasteiger partial charge in [-0.3, -0.25) is 4.79 Å². The SMILES string of the molecule is CN(CCCO)C1(CC(=O)O)CCCCC1. The number of carbonyl (C=O) groups is 1. The number of rotatable bonds is 6. The minimum absolute atomic E-state index is 0.167. The first kappa shape index (κ1) is 13.5. The van der Waals surface area contributed by atoms with Gasteiger partial charge in [-0.05, 0) is 26.3 Å². The Kier molecular flexibility index (Phi) is 5.22. The summed E-state index contributed by atoms with van der Waals surface area (Å²) < 4.78 is 0. The summed E-state index contributed by atoms with van der Waals surface area (Å²) in [6, 6.07) is 0. The van der Waals surface area contributed by atoms with Crippen molar-refractivity contribution in [2.75, 3.05) is 20.2 Å². The predicted octanol–water partition coefficient (Wildman–Crippen LogP) is 1.48. The van der Waals surface area contributed by atoms with Crippen molar-refractivity contribution in [3.63, 3.8) is 0 Å². The van der Waals surface area contributed by atoms with Gasteiger partial charge in [0.25, 0.3) is 0 Å². The molecule has 1 aliphatic rings. The van der Waals surface area contributed by atoms with Crippen molar-refractivity contribution >= 4 is 5.97 Å². The molecule has 1 rings (SSSR count). The Balaban J connectivity index is 2.64. The highest BCUT2D eigenvalue weighted by Crippen LogP contribution is 2.35. The molecular formula is C12H23NO3. The van der Waals surface area contributed by atoms with E-state index in [1.54, 1.807) is 0 Å². The van der Waals surface area contributed by atoms with E-state index in [2.05, 4.69) is 4.90 Å². The van der Waals surface area contributed by atoms with E-state index in [1.807, 2.05) is 7.05 Å². The van der Waals surface area contributed by atoms with Gasteiger partial charge in [0, 0.05) is 18.7 Å². The molecule has 0 aromatic carbocycles. The Morgan fingerprint density at radius 3 is 2.44 bits per heavy atom. The molecule has 94 valence electrons. The van der Waals surface area contributed by atoms with E-state index >= 15 is 0 Å². The Hall–Kier alpha value is -0.610. The molecule has 2 N–H and O–H groups in total. The lowest BCUT2D eigenvalue weighted by atomic mass is 9.78. The molecule has 0 spiro atoms. The van der Waals surface area contributed by atoms with Gasteiger partial charge >= 0.3 is 5.97 Å². The van der Waals surface area contributed by atoms with Crippen molar-refractivity contribution in [2.24, 2.45) is 0 Å². The zero-order valence-electron chi connectivity index (χ0n) is 10.1. The number of aliphatic hydroxyl groups is 1. The van der Waals surface area contributed by atoms with Gasteiger partial charge in [0.1, 0.15) is 0 Å². The van der Waals surface area contributed by atoms with Crippen molar-refractivity contribution in [3.8, 4) is 0 Å². The van der Waals surface area contributed by atoms with E-state index in [1.165, 1.54) is 6.42 Å². The smallest absolute Gasteiger partial charge is 0.305 e. The average molecular weight is 229 g/mol. The first-order valence-corrected chi connectivity index (χ1v) is 6.15. The topological polar surface area (TPSA) is 60.8 Å². The number of aliphatic hydroxyl groups excluding tert-OH is 1. The van der Waals surface area contributed by atoms with Crippen LogP contribution in [0.5, 0.6) is 0 Å². The number of carboxylic acid groups (broad SMARTS) is 1. The maximum absolute atomic E-state index is 11.0. The van der Waals surface area contributed by atoms with Crippen LogP contribution < -0.4 is 0 Å². The second kappa shape index (κ2) is 6.21. The third kappa shape index (κ3) is 3.46. The lowest BCUT2D eigenvalue weighted by Crippen LogP contribution is -2.49.